The first-order valence-corrected chi connectivity index (χ1v) is 8.58. The Bertz CT molecular complexity index is 899. The molecule has 0 bridgehead atoms. The molecule has 0 spiro atoms. The summed E-state index contributed by atoms with van der Waals surface area (Å²) in [6.07, 6.45) is 0. The Morgan fingerprint density at radius 2 is 1.91 bits per heavy atom. The third kappa shape index (κ3) is 3.43. The molecule has 0 aliphatic carbocycles. The van der Waals surface area contributed by atoms with Crippen LogP contribution in [0.15, 0.2) is 40.3 Å². The summed E-state index contributed by atoms with van der Waals surface area (Å²) in [5.41, 5.74) is 1.60. The molecule has 3 rings (SSSR count). The highest BCUT2D eigenvalue weighted by Gasteiger charge is 2.15. The van der Waals surface area contributed by atoms with Crippen molar-refractivity contribution in [2.45, 2.75) is 37.7 Å². The molecule has 7 heteroatoms. The second kappa shape index (κ2) is 6.37. The quantitative estimate of drug-likeness (QED) is 0.678. The second-order valence-corrected chi connectivity index (χ2v) is 7.57. The second-order valence-electron chi connectivity index (χ2n) is 5.59. The van der Waals surface area contributed by atoms with Crippen LogP contribution in [0.2, 0.25) is 5.02 Å². The lowest BCUT2D eigenvalue weighted by atomic mass is 10.2. The molecule has 0 radical (unpaired) electrons. The molecule has 0 amide bonds. The molecular formula is C16H17ClN4OS. The van der Waals surface area contributed by atoms with Gasteiger partial charge in [-0.05, 0) is 24.6 Å². The summed E-state index contributed by atoms with van der Waals surface area (Å²) in [6, 6.07) is 9.11. The molecule has 0 atom stereocenters. The number of thioether (sulfide) groups is 1. The lowest BCUT2D eigenvalue weighted by Gasteiger charge is -2.10. The Morgan fingerprint density at radius 3 is 2.57 bits per heavy atom. The fourth-order valence-corrected chi connectivity index (χ4v) is 3.25. The van der Waals surface area contributed by atoms with E-state index in [1.807, 2.05) is 28.9 Å². The third-order valence-electron chi connectivity index (χ3n) is 3.25. The van der Waals surface area contributed by atoms with Crippen LogP contribution in [-0.4, -0.2) is 24.4 Å². The summed E-state index contributed by atoms with van der Waals surface area (Å²) in [5.74, 6) is 0.437. The highest BCUT2D eigenvalue weighted by Crippen LogP contribution is 2.23. The van der Waals surface area contributed by atoms with Crippen LogP contribution in [0.4, 0.5) is 0 Å². The normalized spacial score (nSPS) is 11.5. The van der Waals surface area contributed by atoms with Crippen molar-refractivity contribution in [1.82, 2.24) is 19.2 Å². The fraction of sp³-hybridized carbons (Fsp3) is 0.312. The lowest BCUT2D eigenvalue weighted by molar-refractivity contribution is 0.564. The standard InChI is InChI=1S/C16H17ClN4OS/c1-10(2)23-16-19-15-18-11(3)8-14(22)21(15)20(16)9-12-4-6-13(17)7-5-12/h4-8,10H,9H2,1-3H3. The molecule has 5 nitrogen and oxygen atoms in total. The largest absolute Gasteiger partial charge is 0.274 e. The van der Waals surface area contributed by atoms with Crippen molar-refractivity contribution in [2.75, 3.05) is 0 Å². The van der Waals surface area contributed by atoms with E-state index in [0.717, 1.165) is 10.7 Å². The minimum absolute atomic E-state index is 0.121. The first-order valence-electron chi connectivity index (χ1n) is 7.32. The molecular weight excluding hydrogens is 332 g/mol. The van der Waals surface area contributed by atoms with E-state index in [0.29, 0.717) is 28.3 Å². The third-order valence-corrected chi connectivity index (χ3v) is 4.49. The minimum Gasteiger partial charge on any atom is -0.267 e. The lowest BCUT2D eigenvalue weighted by Crippen LogP contribution is -2.22. The highest BCUT2D eigenvalue weighted by molar-refractivity contribution is 7.99. The van der Waals surface area contributed by atoms with Crippen LogP contribution in [0.1, 0.15) is 25.1 Å². The number of rotatable bonds is 4. The van der Waals surface area contributed by atoms with Gasteiger partial charge in [0, 0.05) is 22.0 Å². The van der Waals surface area contributed by atoms with E-state index in [1.54, 1.807) is 18.7 Å². The van der Waals surface area contributed by atoms with Gasteiger partial charge in [0.2, 0.25) is 0 Å². The van der Waals surface area contributed by atoms with Gasteiger partial charge in [0.05, 0.1) is 6.54 Å². The van der Waals surface area contributed by atoms with Crippen LogP contribution >= 0.6 is 23.4 Å². The van der Waals surface area contributed by atoms with Crippen molar-refractivity contribution in [2.24, 2.45) is 0 Å². The van der Waals surface area contributed by atoms with E-state index < -0.39 is 0 Å². The molecule has 2 heterocycles. The van der Waals surface area contributed by atoms with Gasteiger partial charge in [-0.2, -0.15) is 9.50 Å². The van der Waals surface area contributed by atoms with Crippen molar-refractivity contribution in [3.63, 3.8) is 0 Å². The van der Waals surface area contributed by atoms with Crippen LogP contribution in [0.25, 0.3) is 5.78 Å². The smallest absolute Gasteiger partial charge is 0.267 e. The predicted octanol–water partition coefficient (Wildman–Crippen LogP) is 3.40. The molecule has 23 heavy (non-hydrogen) atoms. The molecule has 0 aliphatic heterocycles. The van der Waals surface area contributed by atoms with E-state index in [9.17, 15) is 4.79 Å². The number of halogens is 1. The first-order chi connectivity index (χ1) is 10.9. The number of hydrogen-bond donors (Lipinski definition) is 0. The molecule has 0 aliphatic rings. The number of fused-ring (bicyclic) bond motifs is 1. The van der Waals surface area contributed by atoms with Gasteiger partial charge >= 0.3 is 0 Å². The number of aryl methyl sites for hydroxylation is 1. The molecule has 0 unspecified atom stereocenters. The van der Waals surface area contributed by atoms with Gasteiger partial charge in [0.15, 0.2) is 5.16 Å². The van der Waals surface area contributed by atoms with Gasteiger partial charge in [-0.1, -0.05) is 49.3 Å². The molecule has 2 aromatic heterocycles. The van der Waals surface area contributed by atoms with Crippen molar-refractivity contribution in [1.29, 1.82) is 0 Å². The van der Waals surface area contributed by atoms with Gasteiger partial charge in [0.1, 0.15) is 0 Å². The zero-order valence-electron chi connectivity index (χ0n) is 13.2. The Labute approximate surface area is 143 Å². The number of benzene rings is 1. The maximum atomic E-state index is 12.4. The van der Waals surface area contributed by atoms with Gasteiger partial charge < -0.3 is 0 Å². The summed E-state index contributed by atoms with van der Waals surface area (Å²) >= 11 is 7.56. The maximum Gasteiger partial charge on any atom is 0.274 e. The zero-order chi connectivity index (χ0) is 16.6. The zero-order valence-corrected chi connectivity index (χ0v) is 14.7. The number of nitrogens with zero attached hydrogens (tertiary/aromatic N) is 4. The van der Waals surface area contributed by atoms with Crippen LogP contribution < -0.4 is 5.56 Å². The van der Waals surface area contributed by atoms with E-state index in [-0.39, 0.29) is 5.56 Å². The van der Waals surface area contributed by atoms with Crippen molar-refractivity contribution in [3.8, 4) is 0 Å². The summed E-state index contributed by atoms with van der Waals surface area (Å²) in [7, 11) is 0. The molecule has 0 fully saturated rings. The van der Waals surface area contributed by atoms with E-state index in [1.165, 1.54) is 10.6 Å². The van der Waals surface area contributed by atoms with Gasteiger partial charge in [0.25, 0.3) is 11.3 Å². The van der Waals surface area contributed by atoms with Gasteiger partial charge in [-0.25, -0.2) is 9.67 Å². The van der Waals surface area contributed by atoms with Crippen LogP contribution in [0.3, 0.4) is 0 Å². The molecule has 0 N–H and O–H groups in total. The number of hydrogen-bond acceptors (Lipinski definition) is 4. The van der Waals surface area contributed by atoms with Crippen LogP contribution in [0.5, 0.6) is 0 Å². The Morgan fingerprint density at radius 1 is 1.22 bits per heavy atom. The minimum atomic E-state index is -0.121. The number of aromatic nitrogens is 4. The highest BCUT2D eigenvalue weighted by atomic mass is 35.5. The molecule has 0 saturated heterocycles. The maximum absolute atomic E-state index is 12.4. The van der Waals surface area contributed by atoms with E-state index in [2.05, 4.69) is 23.8 Å². The first kappa shape index (κ1) is 16.1. The average Bonchev–Trinajstić information content (AvgIpc) is 2.78. The monoisotopic (exact) mass is 348 g/mol. The van der Waals surface area contributed by atoms with Gasteiger partial charge in [-0.15, -0.1) is 0 Å². The average molecular weight is 349 g/mol. The topological polar surface area (TPSA) is 52.2 Å². The van der Waals surface area contributed by atoms with Crippen molar-refractivity contribution in [3.05, 3.63) is 57.0 Å². The summed E-state index contributed by atoms with van der Waals surface area (Å²) in [4.78, 5) is 21.3. The van der Waals surface area contributed by atoms with Crippen molar-refractivity contribution >= 4 is 29.1 Å². The Hall–Kier alpha value is -1.79. The molecule has 120 valence electrons. The fourth-order valence-electron chi connectivity index (χ4n) is 2.30. The summed E-state index contributed by atoms with van der Waals surface area (Å²) < 4.78 is 3.41. The van der Waals surface area contributed by atoms with E-state index >= 15 is 0 Å². The summed E-state index contributed by atoms with van der Waals surface area (Å²) in [5, 5.41) is 1.83. The summed E-state index contributed by atoms with van der Waals surface area (Å²) in [6.45, 7) is 6.53. The Kier molecular flexibility index (Phi) is 4.46. The molecule has 0 saturated carbocycles. The van der Waals surface area contributed by atoms with Crippen LogP contribution in [-0.2, 0) is 6.54 Å². The molecule has 1 aromatic carbocycles. The Balaban J connectivity index is 2.15. The molecule has 3 aromatic rings. The SMILES string of the molecule is Cc1cc(=O)n2c(n1)nc(SC(C)C)n2Cc1ccc(Cl)cc1. The van der Waals surface area contributed by atoms with Crippen molar-refractivity contribution < 1.29 is 0 Å². The van der Waals surface area contributed by atoms with E-state index in [4.69, 9.17) is 11.6 Å². The van der Waals surface area contributed by atoms with Crippen LogP contribution in [0, 0.1) is 6.92 Å². The predicted molar refractivity (Wildman–Crippen MR) is 93.5 cm³/mol. The van der Waals surface area contributed by atoms with Gasteiger partial charge in [-0.3, -0.25) is 4.79 Å².